The Hall–Kier alpha value is -1.73. The first-order chi connectivity index (χ1) is 6.72. The molecule has 72 valence electrons. The number of halogens is 1. The molecule has 4 nitrogen and oxygen atoms in total. The second-order valence-electron chi connectivity index (χ2n) is 2.36. The highest BCUT2D eigenvalue weighted by atomic mass is 35.5. The fraction of sp³-hybridized carbons (Fsp3) is 0.111. The third kappa shape index (κ3) is 3.33. The molecule has 1 N–H and O–H groups in total. The molecule has 0 atom stereocenters. The first-order valence-corrected chi connectivity index (χ1v) is 4.18. The molecule has 0 unspecified atom stereocenters. The SMILES string of the molecule is N#CCNC(=O)Oc1cccc(Cl)c1. The van der Waals surface area contributed by atoms with E-state index in [1.54, 1.807) is 24.3 Å². The zero-order valence-corrected chi connectivity index (χ0v) is 7.91. The second kappa shape index (κ2) is 5.10. The zero-order valence-electron chi connectivity index (χ0n) is 7.16. The Morgan fingerprint density at radius 2 is 2.43 bits per heavy atom. The van der Waals surface area contributed by atoms with E-state index in [1.807, 2.05) is 0 Å². The molecule has 0 aliphatic carbocycles. The number of nitrogens with zero attached hydrogens (tertiary/aromatic N) is 1. The molecule has 14 heavy (non-hydrogen) atoms. The van der Waals surface area contributed by atoms with Crippen LogP contribution in [0.15, 0.2) is 24.3 Å². The molecule has 0 fully saturated rings. The van der Waals surface area contributed by atoms with Gasteiger partial charge in [-0.1, -0.05) is 17.7 Å². The van der Waals surface area contributed by atoms with Crippen molar-refractivity contribution < 1.29 is 9.53 Å². The van der Waals surface area contributed by atoms with Crippen molar-refractivity contribution >= 4 is 17.7 Å². The van der Waals surface area contributed by atoms with Crippen molar-refractivity contribution in [3.05, 3.63) is 29.3 Å². The van der Waals surface area contributed by atoms with E-state index in [0.29, 0.717) is 10.8 Å². The monoisotopic (exact) mass is 210 g/mol. The van der Waals surface area contributed by atoms with Crippen LogP contribution in [0.2, 0.25) is 5.02 Å². The number of nitrogens with one attached hydrogen (secondary N) is 1. The van der Waals surface area contributed by atoms with Gasteiger partial charge >= 0.3 is 6.09 Å². The molecule has 0 bridgehead atoms. The van der Waals surface area contributed by atoms with Crippen molar-refractivity contribution in [3.8, 4) is 11.8 Å². The number of ether oxygens (including phenoxy) is 1. The fourth-order valence-corrected chi connectivity index (χ4v) is 0.966. The summed E-state index contributed by atoms with van der Waals surface area (Å²) in [7, 11) is 0. The average molecular weight is 211 g/mol. The molecule has 0 aliphatic heterocycles. The van der Waals surface area contributed by atoms with Crippen LogP contribution >= 0.6 is 11.6 Å². The van der Waals surface area contributed by atoms with Gasteiger partial charge in [0.1, 0.15) is 12.3 Å². The predicted molar refractivity (Wildman–Crippen MR) is 51.1 cm³/mol. The van der Waals surface area contributed by atoms with Crippen LogP contribution in [0.4, 0.5) is 4.79 Å². The number of carbonyl (C=O) groups is 1. The average Bonchev–Trinajstić information content (AvgIpc) is 2.15. The van der Waals surface area contributed by atoms with E-state index in [0.717, 1.165) is 0 Å². The maximum absolute atomic E-state index is 11.0. The molecule has 1 aromatic carbocycles. The van der Waals surface area contributed by atoms with Crippen molar-refractivity contribution in [2.45, 2.75) is 0 Å². The van der Waals surface area contributed by atoms with Gasteiger partial charge in [-0.15, -0.1) is 0 Å². The van der Waals surface area contributed by atoms with Crippen LogP contribution in [0.1, 0.15) is 0 Å². The van der Waals surface area contributed by atoms with Gasteiger partial charge in [0.05, 0.1) is 6.07 Å². The normalized spacial score (nSPS) is 8.86. The summed E-state index contributed by atoms with van der Waals surface area (Å²) in [6.07, 6.45) is -0.672. The third-order valence-electron chi connectivity index (χ3n) is 1.32. The van der Waals surface area contributed by atoms with Crippen molar-refractivity contribution in [1.82, 2.24) is 5.32 Å². The standard InChI is InChI=1S/C9H7ClN2O2/c10-7-2-1-3-8(6-7)14-9(13)12-5-4-11/h1-3,6H,5H2,(H,12,13). The van der Waals surface area contributed by atoms with E-state index in [1.165, 1.54) is 6.07 Å². The summed E-state index contributed by atoms with van der Waals surface area (Å²) in [5, 5.41) is 10.9. The van der Waals surface area contributed by atoms with E-state index in [4.69, 9.17) is 21.6 Å². The lowest BCUT2D eigenvalue weighted by Crippen LogP contribution is -2.26. The van der Waals surface area contributed by atoms with Gasteiger partial charge in [-0.3, -0.25) is 0 Å². The van der Waals surface area contributed by atoms with Crippen LogP contribution in [0.3, 0.4) is 0 Å². The lowest BCUT2D eigenvalue weighted by molar-refractivity contribution is 0.202. The van der Waals surface area contributed by atoms with Gasteiger partial charge in [-0.25, -0.2) is 4.79 Å². The Kier molecular flexibility index (Phi) is 3.77. The van der Waals surface area contributed by atoms with E-state index < -0.39 is 6.09 Å². The molecule has 0 heterocycles. The first kappa shape index (κ1) is 10.4. The molecule has 0 aromatic heterocycles. The quantitative estimate of drug-likeness (QED) is 0.759. The summed E-state index contributed by atoms with van der Waals surface area (Å²) in [6.45, 7) is -0.0839. The summed E-state index contributed by atoms with van der Waals surface area (Å²) < 4.78 is 4.81. The number of carbonyl (C=O) groups excluding carboxylic acids is 1. The predicted octanol–water partition coefficient (Wildman–Crippen LogP) is 1.95. The lowest BCUT2D eigenvalue weighted by Gasteiger charge is -2.03. The van der Waals surface area contributed by atoms with Gasteiger partial charge in [0, 0.05) is 5.02 Å². The van der Waals surface area contributed by atoms with Gasteiger partial charge in [0.2, 0.25) is 0 Å². The van der Waals surface area contributed by atoms with Gasteiger partial charge in [0.15, 0.2) is 0 Å². The number of rotatable bonds is 2. The van der Waals surface area contributed by atoms with Crippen molar-refractivity contribution in [3.63, 3.8) is 0 Å². The minimum Gasteiger partial charge on any atom is -0.410 e. The molecule has 5 heteroatoms. The molecule has 0 spiro atoms. The van der Waals surface area contributed by atoms with Crippen molar-refractivity contribution in [1.29, 1.82) is 5.26 Å². The largest absolute Gasteiger partial charge is 0.413 e. The molecule has 0 saturated heterocycles. The minimum atomic E-state index is -0.672. The van der Waals surface area contributed by atoms with Crippen LogP contribution < -0.4 is 10.1 Å². The molecule has 0 aliphatic rings. The van der Waals surface area contributed by atoms with E-state index in [-0.39, 0.29) is 6.54 Å². The van der Waals surface area contributed by atoms with Gasteiger partial charge in [-0.05, 0) is 18.2 Å². The summed E-state index contributed by atoms with van der Waals surface area (Å²) in [6, 6.07) is 8.19. The fourth-order valence-electron chi connectivity index (χ4n) is 0.785. The van der Waals surface area contributed by atoms with Crippen LogP contribution in [-0.2, 0) is 0 Å². The maximum atomic E-state index is 11.0. The van der Waals surface area contributed by atoms with Crippen LogP contribution in [0, 0.1) is 11.3 Å². The molecular weight excluding hydrogens is 204 g/mol. The highest BCUT2D eigenvalue weighted by Crippen LogP contribution is 2.16. The molecule has 0 radical (unpaired) electrons. The summed E-state index contributed by atoms with van der Waals surface area (Å²) in [4.78, 5) is 11.0. The summed E-state index contributed by atoms with van der Waals surface area (Å²) in [5.74, 6) is 0.341. The van der Waals surface area contributed by atoms with Crippen molar-refractivity contribution in [2.24, 2.45) is 0 Å². The molecule has 1 amide bonds. The molecule has 1 rings (SSSR count). The van der Waals surface area contributed by atoms with Crippen LogP contribution in [0.25, 0.3) is 0 Å². The number of amides is 1. The third-order valence-corrected chi connectivity index (χ3v) is 1.55. The maximum Gasteiger partial charge on any atom is 0.413 e. The van der Waals surface area contributed by atoms with Gasteiger partial charge in [0.25, 0.3) is 0 Å². The van der Waals surface area contributed by atoms with Gasteiger partial charge in [-0.2, -0.15) is 5.26 Å². The minimum absolute atomic E-state index is 0.0839. The zero-order chi connectivity index (χ0) is 10.4. The van der Waals surface area contributed by atoms with Crippen LogP contribution in [0.5, 0.6) is 5.75 Å². The topological polar surface area (TPSA) is 62.1 Å². The second-order valence-corrected chi connectivity index (χ2v) is 2.79. The van der Waals surface area contributed by atoms with E-state index >= 15 is 0 Å². The highest BCUT2D eigenvalue weighted by Gasteiger charge is 2.02. The van der Waals surface area contributed by atoms with E-state index in [2.05, 4.69) is 5.32 Å². The Morgan fingerprint density at radius 1 is 1.64 bits per heavy atom. The van der Waals surface area contributed by atoms with Crippen LogP contribution in [-0.4, -0.2) is 12.6 Å². The highest BCUT2D eigenvalue weighted by molar-refractivity contribution is 6.30. The van der Waals surface area contributed by atoms with Gasteiger partial charge < -0.3 is 10.1 Å². The van der Waals surface area contributed by atoms with E-state index in [9.17, 15) is 4.79 Å². The Labute approximate surface area is 86.0 Å². The molecular formula is C9H7ClN2O2. The number of benzene rings is 1. The lowest BCUT2D eigenvalue weighted by atomic mass is 10.3. The molecule has 1 aromatic rings. The number of hydrogen-bond acceptors (Lipinski definition) is 3. The first-order valence-electron chi connectivity index (χ1n) is 3.80. The van der Waals surface area contributed by atoms with Crippen molar-refractivity contribution in [2.75, 3.05) is 6.54 Å². The Bertz CT molecular complexity index is 373. The Balaban J connectivity index is 2.53. The molecule has 0 saturated carbocycles. The smallest absolute Gasteiger partial charge is 0.410 e. The summed E-state index contributed by atoms with van der Waals surface area (Å²) in [5.41, 5.74) is 0. The Morgan fingerprint density at radius 3 is 3.07 bits per heavy atom. The summed E-state index contributed by atoms with van der Waals surface area (Å²) >= 11 is 5.67. The number of hydrogen-bond donors (Lipinski definition) is 1. The number of nitriles is 1.